The van der Waals surface area contributed by atoms with E-state index in [-0.39, 0.29) is 0 Å². The molecule has 0 aliphatic rings. The van der Waals surface area contributed by atoms with Crippen LogP contribution in [0.25, 0.3) is 0 Å². The molecule has 1 aromatic rings. The van der Waals surface area contributed by atoms with E-state index >= 15 is 0 Å². The highest BCUT2D eigenvalue weighted by Crippen LogP contribution is 2.29. The first-order chi connectivity index (χ1) is 9.35. The number of rotatable bonds is 8. The van der Waals surface area contributed by atoms with Gasteiger partial charge >= 0.3 is 0 Å². The van der Waals surface area contributed by atoms with Crippen LogP contribution in [-0.4, -0.2) is 13.1 Å². The van der Waals surface area contributed by atoms with Gasteiger partial charge in [-0.15, -0.1) is 0 Å². The van der Waals surface area contributed by atoms with Gasteiger partial charge in [0, 0.05) is 5.02 Å². The molecule has 1 rings (SSSR count). The van der Waals surface area contributed by atoms with E-state index in [0.717, 1.165) is 24.5 Å². The van der Waals surface area contributed by atoms with Crippen LogP contribution in [0.3, 0.4) is 0 Å². The summed E-state index contributed by atoms with van der Waals surface area (Å²) in [5.74, 6) is 0. The van der Waals surface area contributed by atoms with Gasteiger partial charge in [-0.3, -0.25) is 0 Å². The van der Waals surface area contributed by atoms with Crippen molar-refractivity contribution in [2.45, 2.75) is 60.3 Å². The Morgan fingerprint density at radius 1 is 1.05 bits per heavy atom. The van der Waals surface area contributed by atoms with E-state index in [9.17, 15) is 0 Å². The van der Waals surface area contributed by atoms with Crippen molar-refractivity contribution in [3.63, 3.8) is 0 Å². The molecule has 0 radical (unpaired) electrons. The summed E-state index contributed by atoms with van der Waals surface area (Å²) in [7, 11) is 0. The first-order valence-electron chi connectivity index (χ1n) is 7.82. The van der Waals surface area contributed by atoms with Crippen molar-refractivity contribution in [2.75, 3.05) is 13.1 Å². The van der Waals surface area contributed by atoms with E-state index in [1.165, 1.54) is 36.0 Å². The van der Waals surface area contributed by atoms with Gasteiger partial charge in [0.05, 0.1) is 0 Å². The summed E-state index contributed by atoms with van der Waals surface area (Å²) in [5, 5.41) is 4.38. The molecular formula is C18H30ClN. The Morgan fingerprint density at radius 2 is 1.75 bits per heavy atom. The van der Waals surface area contributed by atoms with Crippen LogP contribution in [-0.2, 0) is 6.42 Å². The maximum absolute atomic E-state index is 6.17. The molecule has 2 heteroatoms. The van der Waals surface area contributed by atoms with E-state index in [4.69, 9.17) is 11.6 Å². The molecule has 0 aliphatic carbocycles. The normalized spacial score (nSPS) is 11.9. The van der Waals surface area contributed by atoms with Crippen molar-refractivity contribution in [1.82, 2.24) is 5.32 Å². The topological polar surface area (TPSA) is 12.0 Å². The van der Waals surface area contributed by atoms with Crippen molar-refractivity contribution >= 4 is 11.6 Å². The first-order valence-corrected chi connectivity index (χ1v) is 8.20. The number of hydrogen-bond donors (Lipinski definition) is 1. The molecule has 0 fully saturated rings. The zero-order valence-electron chi connectivity index (χ0n) is 13.8. The highest BCUT2D eigenvalue weighted by atomic mass is 35.5. The summed E-state index contributed by atoms with van der Waals surface area (Å²) in [6.45, 7) is 13.5. The fraction of sp³-hybridized carbons (Fsp3) is 0.667. The van der Waals surface area contributed by atoms with E-state index in [1.54, 1.807) is 0 Å². The lowest BCUT2D eigenvalue weighted by Gasteiger charge is -2.25. The van der Waals surface area contributed by atoms with Crippen LogP contribution in [0.4, 0.5) is 0 Å². The zero-order valence-corrected chi connectivity index (χ0v) is 14.5. The van der Waals surface area contributed by atoms with Gasteiger partial charge in [-0.05, 0) is 80.8 Å². The Balaban J connectivity index is 2.51. The second-order valence-corrected chi connectivity index (χ2v) is 7.10. The van der Waals surface area contributed by atoms with Gasteiger partial charge in [0.1, 0.15) is 0 Å². The van der Waals surface area contributed by atoms with Crippen LogP contribution in [0.5, 0.6) is 0 Å². The minimum atomic E-state index is 0.390. The summed E-state index contributed by atoms with van der Waals surface area (Å²) in [4.78, 5) is 0. The third-order valence-electron chi connectivity index (χ3n) is 4.09. The van der Waals surface area contributed by atoms with Gasteiger partial charge in [-0.2, -0.15) is 0 Å². The van der Waals surface area contributed by atoms with Crippen LogP contribution < -0.4 is 5.32 Å². The van der Waals surface area contributed by atoms with Gasteiger partial charge < -0.3 is 5.32 Å². The van der Waals surface area contributed by atoms with E-state index < -0.39 is 0 Å². The monoisotopic (exact) mass is 295 g/mol. The minimum Gasteiger partial charge on any atom is -0.317 e. The predicted molar refractivity (Wildman–Crippen MR) is 90.8 cm³/mol. The van der Waals surface area contributed by atoms with Crippen molar-refractivity contribution in [2.24, 2.45) is 5.41 Å². The van der Waals surface area contributed by atoms with Crippen molar-refractivity contribution in [3.8, 4) is 0 Å². The average Bonchev–Trinajstić information content (AvgIpc) is 2.37. The van der Waals surface area contributed by atoms with Crippen LogP contribution in [0.2, 0.25) is 5.02 Å². The minimum absolute atomic E-state index is 0.390. The van der Waals surface area contributed by atoms with Gasteiger partial charge in [0.15, 0.2) is 0 Å². The maximum Gasteiger partial charge on any atom is 0.0438 e. The highest BCUT2D eigenvalue weighted by molar-refractivity contribution is 6.31. The Kier molecular flexibility index (Phi) is 7.05. The lowest BCUT2D eigenvalue weighted by molar-refractivity contribution is 0.302. The first kappa shape index (κ1) is 17.5. The van der Waals surface area contributed by atoms with E-state index in [1.807, 2.05) is 0 Å². The second kappa shape index (κ2) is 8.05. The summed E-state index contributed by atoms with van der Waals surface area (Å²) >= 11 is 6.17. The zero-order chi connectivity index (χ0) is 15.2. The van der Waals surface area contributed by atoms with Gasteiger partial charge in [-0.25, -0.2) is 0 Å². The quantitative estimate of drug-likeness (QED) is 0.641. The molecular weight excluding hydrogens is 266 g/mol. The third-order valence-corrected chi connectivity index (χ3v) is 4.50. The standard InChI is InChI=1S/C18H30ClN/c1-6-10-20-11-9-18(4,5)8-7-16-12-15(3)17(19)13-14(16)2/h12-13,20H,6-11H2,1-5H3. The van der Waals surface area contributed by atoms with Gasteiger partial charge in [-0.1, -0.05) is 38.4 Å². The SMILES string of the molecule is CCCNCCC(C)(C)CCc1cc(C)c(Cl)cc1C. The number of hydrogen-bond acceptors (Lipinski definition) is 1. The fourth-order valence-electron chi connectivity index (χ4n) is 2.44. The summed E-state index contributed by atoms with van der Waals surface area (Å²) in [6, 6.07) is 4.35. The molecule has 0 bridgehead atoms. The van der Waals surface area contributed by atoms with Crippen molar-refractivity contribution in [3.05, 3.63) is 33.8 Å². The van der Waals surface area contributed by atoms with Crippen molar-refractivity contribution in [1.29, 1.82) is 0 Å². The molecule has 0 aliphatic heterocycles. The molecule has 0 heterocycles. The lowest BCUT2D eigenvalue weighted by Crippen LogP contribution is -2.23. The maximum atomic E-state index is 6.17. The molecule has 0 atom stereocenters. The van der Waals surface area contributed by atoms with E-state index in [0.29, 0.717) is 5.41 Å². The molecule has 0 saturated heterocycles. The number of nitrogens with one attached hydrogen (secondary N) is 1. The molecule has 1 nitrogen and oxygen atoms in total. The Hall–Kier alpha value is -0.530. The Labute approximate surface area is 130 Å². The van der Waals surface area contributed by atoms with E-state index in [2.05, 4.69) is 52.1 Å². The van der Waals surface area contributed by atoms with Crippen LogP contribution in [0, 0.1) is 19.3 Å². The Bertz CT molecular complexity index is 424. The summed E-state index contributed by atoms with van der Waals surface area (Å²) < 4.78 is 0. The second-order valence-electron chi connectivity index (χ2n) is 6.69. The largest absolute Gasteiger partial charge is 0.317 e. The molecule has 0 saturated carbocycles. The van der Waals surface area contributed by atoms with Crippen LogP contribution in [0.15, 0.2) is 12.1 Å². The fourth-order valence-corrected chi connectivity index (χ4v) is 2.65. The number of aryl methyl sites for hydroxylation is 3. The predicted octanol–water partition coefficient (Wildman–Crippen LogP) is 5.31. The summed E-state index contributed by atoms with van der Waals surface area (Å²) in [6.07, 6.45) is 4.82. The molecule has 0 unspecified atom stereocenters. The molecule has 1 N–H and O–H groups in total. The highest BCUT2D eigenvalue weighted by Gasteiger charge is 2.17. The number of halogens is 1. The third kappa shape index (κ3) is 5.85. The molecule has 0 amide bonds. The van der Waals surface area contributed by atoms with Gasteiger partial charge in [0.2, 0.25) is 0 Å². The summed E-state index contributed by atoms with van der Waals surface area (Å²) in [5.41, 5.74) is 4.34. The molecule has 0 aromatic heterocycles. The van der Waals surface area contributed by atoms with Crippen molar-refractivity contribution < 1.29 is 0 Å². The van der Waals surface area contributed by atoms with Crippen LogP contribution in [0.1, 0.15) is 56.7 Å². The molecule has 0 spiro atoms. The average molecular weight is 296 g/mol. The lowest BCUT2D eigenvalue weighted by atomic mass is 9.82. The van der Waals surface area contributed by atoms with Gasteiger partial charge in [0.25, 0.3) is 0 Å². The van der Waals surface area contributed by atoms with Crippen LogP contribution >= 0.6 is 11.6 Å². The molecule has 20 heavy (non-hydrogen) atoms. The Morgan fingerprint density at radius 3 is 2.40 bits per heavy atom. The molecule has 1 aromatic carbocycles. The smallest absolute Gasteiger partial charge is 0.0438 e. The molecule has 114 valence electrons. The number of benzene rings is 1.